The summed E-state index contributed by atoms with van der Waals surface area (Å²) in [6, 6.07) is 6.11. The zero-order valence-electron chi connectivity index (χ0n) is 15.0. The van der Waals surface area contributed by atoms with Crippen molar-refractivity contribution in [1.29, 1.82) is 0 Å². The molecule has 2 aliphatic heterocycles. The topological polar surface area (TPSA) is 61.2 Å². The van der Waals surface area contributed by atoms with Crippen molar-refractivity contribution in [2.45, 2.75) is 45.7 Å². The van der Waals surface area contributed by atoms with Crippen LogP contribution in [0.25, 0.3) is 0 Å². The first-order valence-electron chi connectivity index (χ1n) is 9.22. The number of aryl methyl sites for hydroxylation is 1. The molecule has 2 aliphatic rings. The summed E-state index contributed by atoms with van der Waals surface area (Å²) >= 11 is 0. The second-order valence-corrected chi connectivity index (χ2v) is 7.22. The molecule has 0 aliphatic carbocycles. The molecule has 6 nitrogen and oxygen atoms in total. The first kappa shape index (κ1) is 16.4. The van der Waals surface area contributed by atoms with Crippen molar-refractivity contribution in [3.8, 4) is 11.5 Å². The van der Waals surface area contributed by atoms with E-state index in [9.17, 15) is 0 Å². The zero-order valence-corrected chi connectivity index (χ0v) is 15.0. The molecule has 0 amide bonds. The summed E-state index contributed by atoms with van der Waals surface area (Å²) in [5.41, 5.74) is 1.17. The SMILES string of the molecule is CC(C)c1nnc2n1C[C@H](CNCc1cccc3c1OCCO3)CC2. The number of hydrogen-bond acceptors (Lipinski definition) is 5. The number of aromatic nitrogens is 3. The Hall–Kier alpha value is -2.08. The number of fused-ring (bicyclic) bond motifs is 2. The Kier molecular flexibility index (Phi) is 4.61. The third-order valence-electron chi connectivity index (χ3n) is 4.99. The minimum atomic E-state index is 0.418. The van der Waals surface area contributed by atoms with E-state index in [0.717, 1.165) is 55.6 Å². The van der Waals surface area contributed by atoms with E-state index in [4.69, 9.17) is 9.47 Å². The van der Waals surface area contributed by atoms with Crippen molar-refractivity contribution in [3.63, 3.8) is 0 Å². The molecule has 0 saturated heterocycles. The largest absolute Gasteiger partial charge is 0.486 e. The quantitative estimate of drug-likeness (QED) is 0.905. The highest BCUT2D eigenvalue weighted by Crippen LogP contribution is 2.33. The summed E-state index contributed by atoms with van der Waals surface area (Å²) in [5, 5.41) is 12.3. The van der Waals surface area contributed by atoms with Gasteiger partial charge in [0.05, 0.1) is 0 Å². The lowest BCUT2D eigenvalue weighted by atomic mass is 9.98. The van der Waals surface area contributed by atoms with Crippen LogP contribution in [0, 0.1) is 5.92 Å². The van der Waals surface area contributed by atoms with Crippen LogP contribution in [0.15, 0.2) is 18.2 Å². The summed E-state index contributed by atoms with van der Waals surface area (Å²) in [7, 11) is 0. The number of hydrogen-bond donors (Lipinski definition) is 1. The van der Waals surface area contributed by atoms with Crippen LogP contribution in [0.5, 0.6) is 11.5 Å². The van der Waals surface area contributed by atoms with Crippen LogP contribution in [0.3, 0.4) is 0 Å². The summed E-state index contributed by atoms with van der Waals surface area (Å²) in [6.07, 6.45) is 2.18. The molecular weight excluding hydrogens is 316 g/mol. The second kappa shape index (κ2) is 7.04. The van der Waals surface area contributed by atoms with E-state index in [0.29, 0.717) is 25.0 Å². The lowest BCUT2D eigenvalue weighted by Crippen LogP contribution is -2.31. The van der Waals surface area contributed by atoms with E-state index in [2.05, 4.69) is 40.0 Å². The van der Waals surface area contributed by atoms with Gasteiger partial charge in [0, 0.05) is 31.0 Å². The number of nitrogens with one attached hydrogen (secondary N) is 1. The molecule has 0 unspecified atom stereocenters. The van der Waals surface area contributed by atoms with Crippen LogP contribution in [0.1, 0.15) is 43.4 Å². The van der Waals surface area contributed by atoms with E-state index in [1.54, 1.807) is 0 Å². The second-order valence-electron chi connectivity index (χ2n) is 7.22. The fourth-order valence-corrected chi connectivity index (χ4v) is 3.69. The third kappa shape index (κ3) is 3.35. The third-order valence-corrected chi connectivity index (χ3v) is 4.99. The average Bonchev–Trinajstić information content (AvgIpc) is 3.05. The summed E-state index contributed by atoms with van der Waals surface area (Å²) in [5.74, 6) is 5.04. The maximum absolute atomic E-state index is 5.79. The van der Waals surface area contributed by atoms with E-state index in [-0.39, 0.29) is 0 Å². The molecule has 0 radical (unpaired) electrons. The summed E-state index contributed by atoms with van der Waals surface area (Å²) < 4.78 is 13.8. The van der Waals surface area contributed by atoms with Gasteiger partial charge in [-0.25, -0.2) is 0 Å². The van der Waals surface area contributed by atoms with Gasteiger partial charge in [0.25, 0.3) is 0 Å². The Morgan fingerprint density at radius 1 is 1.24 bits per heavy atom. The minimum Gasteiger partial charge on any atom is -0.486 e. The van der Waals surface area contributed by atoms with Crippen LogP contribution in [0.4, 0.5) is 0 Å². The molecule has 0 saturated carbocycles. The molecule has 1 aromatic heterocycles. The molecule has 0 spiro atoms. The van der Waals surface area contributed by atoms with Crippen molar-refractivity contribution in [3.05, 3.63) is 35.4 Å². The zero-order chi connectivity index (χ0) is 17.2. The number of rotatable bonds is 5. The van der Waals surface area contributed by atoms with Crippen molar-refractivity contribution >= 4 is 0 Å². The molecule has 0 bridgehead atoms. The predicted molar refractivity (Wildman–Crippen MR) is 95.1 cm³/mol. The van der Waals surface area contributed by atoms with Crippen molar-refractivity contribution < 1.29 is 9.47 Å². The fourth-order valence-electron chi connectivity index (χ4n) is 3.69. The van der Waals surface area contributed by atoms with Gasteiger partial charge in [-0.1, -0.05) is 26.0 Å². The van der Waals surface area contributed by atoms with Crippen LogP contribution in [-0.4, -0.2) is 34.5 Å². The van der Waals surface area contributed by atoms with Gasteiger partial charge in [0.15, 0.2) is 11.5 Å². The van der Waals surface area contributed by atoms with Gasteiger partial charge in [0.2, 0.25) is 0 Å². The van der Waals surface area contributed by atoms with Gasteiger partial charge < -0.3 is 19.4 Å². The molecule has 4 rings (SSSR count). The number of ether oxygens (including phenoxy) is 2. The Labute approximate surface area is 148 Å². The van der Waals surface area contributed by atoms with Crippen LogP contribution in [0.2, 0.25) is 0 Å². The molecule has 6 heteroatoms. The maximum atomic E-state index is 5.79. The Bertz CT molecular complexity index is 741. The normalized spacial score (nSPS) is 19.1. The monoisotopic (exact) mass is 342 g/mol. The van der Waals surface area contributed by atoms with Gasteiger partial charge in [-0.05, 0) is 24.9 Å². The van der Waals surface area contributed by atoms with Crippen LogP contribution < -0.4 is 14.8 Å². The van der Waals surface area contributed by atoms with E-state index in [1.165, 1.54) is 5.56 Å². The molecule has 1 atom stereocenters. The first-order chi connectivity index (χ1) is 12.2. The average molecular weight is 342 g/mol. The molecule has 134 valence electrons. The minimum absolute atomic E-state index is 0.418. The van der Waals surface area contributed by atoms with Gasteiger partial charge in [-0.15, -0.1) is 10.2 Å². The number of nitrogens with zero attached hydrogens (tertiary/aromatic N) is 3. The van der Waals surface area contributed by atoms with Crippen LogP contribution in [-0.2, 0) is 19.5 Å². The standard InChI is InChI=1S/C19H26N4O2/c1-13(2)19-22-21-17-7-6-14(12-23(17)19)10-20-11-15-4-3-5-16-18(15)25-9-8-24-16/h3-5,13-14,20H,6-12H2,1-2H3/t14-/m0/s1. The van der Waals surface area contributed by atoms with Crippen molar-refractivity contribution in [1.82, 2.24) is 20.1 Å². The van der Waals surface area contributed by atoms with Gasteiger partial charge in [-0.2, -0.15) is 0 Å². The highest BCUT2D eigenvalue weighted by atomic mass is 16.6. The maximum Gasteiger partial charge on any atom is 0.165 e. The highest BCUT2D eigenvalue weighted by Gasteiger charge is 2.24. The van der Waals surface area contributed by atoms with Gasteiger partial charge >= 0.3 is 0 Å². The smallest absolute Gasteiger partial charge is 0.165 e. The van der Waals surface area contributed by atoms with E-state index >= 15 is 0 Å². The van der Waals surface area contributed by atoms with Crippen LogP contribution >= 0.6 is 0 Å². The predicted octanol–water partition coefficient (Wildman–Crippen LogP) is 2.52. The summed E-state index contributed by atoms with van der Waals surface area (Å²) in [6.45, 7) is 8.41. The lowest BCUT2D eigenvalue weighted by molar-refractivity contribution is 0.169. The molecule has 2 aromatic rings. The molecule has 0 fully saturated rings. The Balaban J connectivity index is 1.36. The Morgan fingerprint density at radius 2 is 2.12 bits per heavy atom. The molecular formula is C19H26N4O2. The molecule has 25 heavy (non-hydrogen) atoms. The van der Waals surface area contributed by atoms with E-state index in [1.807, 2.05) is 12.1 Å². The molecule has 1 N–H and O–H groups in total. The van der Waals surface area contributed by atoms with Gasteiger partial charge in [-0.3, -0.25) is 0 Å². The van der Waals surface area contributed by atoms with Gasteiger partial charge in [0.1, 0.15) is 24.9 Å². The Morgan fingerprint density at radius 3 is 3.00 bits per heavy atom. The fraction of sp³-hybridized carbons (Fsp3) is 0.579. The molecule has 1 aromatic carbocycles. The number of benzene rings is 1. The first-order valence-corrected chi connectivity index (χ1v) is 9.22. The molecule has 3 heterocycles. The summed E-state index contributed by atoms with van der Waals surface area (Å²) in [4.78, 5) is 0. The lowest BCUT2D eigenvalue weighted by Gasteiger charge is -2.26. The van der Waals surface area contributed by atoms with Crippen molar-refractivity contribution in [2.24, 2.45) is 5.92 Å². The number of para-hydroxylation sites is 1. The van der Waals surface area contributed by atoms with Crippen molar-refractivity contribution in [2.75, 3.05) is 19.8 Å². The highest BCUT2D eigenvalue weighted by molar-refractivity contribution is 5.47. The van der Waals surface area contributed by atoms with E-state index < -0.39 is 0 Å².